The van der Waals surface area contributed by atoms with Crippen LogP contribution in [-0.4, -0.2) is 46.0 Å². The molecule has 26 heavy (non-hydrogen) atoms. The largest absolute Gasteiger partial charge is 0.478 e. The number of carboxylic acids is 1. The second-order valence-electron chi connectivity index (χ2n) is 7.16. The molecule has 1 heterocycles. The number of carboxylic acid groups (broad SMARTS) is 1. The molecule has 0 spiro atoms. The minimum Gasteiger partial charge on any atom is -0.478 e. The Kier molecular flexibility index (Phi) is 5.69. The predicted octanol–water partition coefficient (Wildman–Crippen LogP) is 3.62. The van der Waals surface area contributed by atoms with Crippen LogP contribution in [0.2, 0.25) is 0 Å². The number of carbonyl (C=O) groups is 1. The molecule has 4 nitrogen and oxygen atoms in total. The molecule has 2 aromatic carbocycles. The van der Waals surface area contributed by atoms with Crippen LogP contribution in [-0.2, 0) is 13.1 Å². The summed E-state index contributed by atoms with van der Waals surface area (Å²) < 4.78 is 14.2. The standard InChI is InChI=1S/C21H25FN2O2/c1-15-11-23(14-19-9-8-18(21(25)26)10-20(19)22)12-16(2)24(15)13-17-6-4-3-5-7-17/h3-10,15-16H,11-14H2,1-2H3,(H,25,26)/t15-,16+. The highest BCUT2D eigenvalue weighted by Crippen LogP contribution is 2.21. The highest BCUT2D eigenvalue weighted by Gasteiger charge is 2.29. The van der Waals surface area contributed by atoms with Crippen molar-refractivity contribution in [2.45, 2.75) is 39.0 Å². The second kappa shape index (κ2) is 7.98. The van der Waals surface area contributed by atoms with Gasteiger partial charge in [0.15, 0.2) is 0 Å². The maximum absolute atomic E-state index is 14.2. The van der Waals surface area contributed by atoms with E-state index in [1.807, 2.05) is 6.07 Å². The lowest BCUT2D eigenvalue weighted by Crippen LogP contribution is -2.55. The van der Waals surface area contributed by atoms with Gasteiger partial charge in [0.1, 0.15) is 5.82 Å². The summed E-state index contributed by atoms with van der Waals surface area (Å²) in [5, 5.41) is 8.96. The molecule has 0 radical (unpaired) electrons. The van der Waals surface area contributed by atoms with Gasteiger partial charge in [-0.15, -0.1) is 0 Å². The van der Waals surface area contributed by atoms with Gasteiger partial charge in [0, 0.05) is 43.8 Å². The van der Waals surface area contributed by atoms with Crippen molar-refractivity contribution in [2.75, 3.05) is 13.1 Å². The molecular weight excluding hydrogens is 331 g/mol. The van der Waals surface area contributed by atoms with Crippen molar-refractivity contribution in [3.05, 3.63) is 71.0 Å². The van der Waals surface area contributed by atoms with E-state index < -0.39 is 11.8 Å². The van der Waals surface area contributed by atoms with E-state index in [1.54, 1.807) is 6.07 Å². The molecule has 2 atom stereocenters. The van der Waals surface area contributed by atoms with Crippen LogP contribution < -0.4 is 0 Å². The minimum atomic E-state index is -1.10. The van der Waals surface area contributed by atoms with Gasteiger partial charge >= 0.3 is 5.97 Å². The Labute approximate surface area is 153 Å². The fourth-order valence-electron chi connectivity index (χ4n) is 3.75. The molecule has 5 heteroatoms. The van der Waals surface area contributed by atoms with E-state index >= 15 is 0 Å². The lowest BCUT2D eigenvalue weighted by molar-refractivity contribution is 0.0285. The number of benzene rings is 2. The summed E-state index contributed by atoms with van der Waals surface area (Å²) in [6, 6.07) is 15.3. The topological polar surface area (TPSA) is 43.8 Å². The van der Waals surface area contributed by atoms with Crippen LogP contribution in [0.25, 0.3) is 0 Å². The molecule has 0 aromatic heterocycles. The minimum absolute atomic E-state index is 0.0133. The first-order chi connectivity index (χ1) is 12.4. The van der Waals surface area contributed by atoms with Crippen LogP contribution in [0.3, 0.4) is 0 Å². The van der Waals surface area contributed by atoms with Crippen molar-refractivity contribution >= 4 is 5.97 Å². The van der Waals surface area contributed by atoms with E-state index in [0.717, 1.165) is 25.7 Å². The zero-order valence-electron chi connectivity index (χ0n) is 15.2. The smallest absolute Gasteiger partial charge is 0.335 e. The average molecular weight is 356 g/mol. The number of piperazine rings is 1. The quantitative estimate of drug-likeness (QED) is 0.889. The molecule has 0 saturated carbocycles. The fourth-order valence-corrected chi connectivity index (χ4v) is 3.75. The lowest BCUT2D eigenvalue weighted by atomic mass is 10.0. The maximum Gasteiger partial charge on any atom is 0.335 e. The predicted molar refractivity (Wildman–Crippen MR) is 99.5 cm³/mol. The molecule has 1 fully saturated rings. The van der Waals surface area contributed by atoms with E-state index in [0.29, 0.717) is 24.2 Å². The van der Waals surface area contributed by atoms with Gasteiger partial charge in [-0.3, -0.25) is 9.80 Å². The van der Waals surface area contributed by atoms with Gasteiger partial charge in [0.2, 0.25) is 0 Å². The van der Waals surface area contributed by atoms with Gasteiger partial charge in [0.05, 0.1) is 5.56 Å². The molecule has 3 rings (SSSR count). The Balaban J connectivity index is 1.65. The Bertz CT molecular complexity index is 754. The van der Waals surface area contributed by atoms with E-state index in [-0.39, 0.29) is 5.56 Å². The van der Waals surface area contributed by atoms with Crippen LogP contribution in [0.5, 0.6) is 0 Å². The van der Waals surface area contributed by atoms with Crippen molar-refractivity contribution in [3.63, 3.8) is 0 Å². The Morgan fingerprint density at radius 1 is 1.08 bits per heavy atom. The number of hydrogen-bond acceptors (Lipinski definition) is 3. The van der Waals surface area contributed by atoms with Crippen LogP contribution in [0.4, 0.5) is 4.39 Å². The summed E-state index contributed by atoms with van der Waals surface area (Å²) in [5.74, 6) is -1.55. The molecule has 0 bridgehead atoms. The fraction of sp³-hybridized carbons (Fsp3) is 0.381. The van der Waals surface area contributed by atoms with E-state index in [4.69, 9.17) is 5.11 Å². The molecule has 0 aliphatic carbocycles. The average Bonchev–Trinajstić information content (AvgIpc) is 2.60. The molecule has 2 aromatic rings. The number of hydrogen-bond donors (Lipinski definition) is 1. The Morgan fingerprint density at radius 2 is 1.73 bits per heavy atom. The summed E-state index contributed by atoms with van der Waals surface area (Å²) in [4.78, 5) is 15.7. The first kappa shape index (κ1) is 18.5. The summed E-state index contributed by atoms with van der Waals surface area (Å²) in [6.07, 6.45) is 0. The summed E-state index contributed by atoms with van der Waals surface area (Å²) in [5.41, 5.74) is 1.83. The summed E-state index contributed by atoms with van der Waals surface area (Å²) in [7, 11) is 0. The summed E-state index contributed by atoms with van der Waals surface area (Å²) in [6.45, 7) is 7.54. The van der Waals surface area contributed by atoms with Gasteiger partial charge in [-0.1, -0.05) is 36.4 Å². The number of rotatable bonds is 5. The SMILES string of the molecule is C[C@@H]1CN(Cc2ccc(C(=O)O)cc2F)C[C@H](C)N1Cc1ccccc1. The van der Waals surface area contributed by atoms with Crippen molar-refractivity contribution < 1.29 is 14.3 Å². The maximum atomic E-state index is 14.2. The molecular formula is C21H25FN2O2. The van der Waals surface area contributed by atoms with Crippen molar-refractivity contribution in [1.29, 1.82) is 0 Å². The molecule has 0 amide bonds. The number of halogens is 1. The first-order valence-electron chi connectivity index (χ1n) is 8.98. The van der Waals surface area contributed by atoms with Crippen LogP contribution in [0.15, 0.2) is 48.5 Å². The number of nitrogens with zero attached hydrogens (tertiary/aromatic N) is 2. The Hall–Kier alpha value is -2.24. The third kappa shape index (κ3) is 4.29. The monoisotopic (exact) mass is 356 g/mol. The van der Waals surface area contributed by atoms with Crippen molar-refractivity contribution in [2.24, 2.45) is 0 Å². The van der Waals surface area contributed by atoms with Crippen molar-refractivity contribution in [1.82, 2.24) is 9.80 Å². The van der Waals surface area contributed by atoms with Gasteiger partial charge in [-0.25, -0.2) is 9.18 Å². The van der Waals surface area contributed by atoms with Gasteiger partial charge in [-0.05, 0) is 31.5 Å². The molecule has 1 aliphatic rings. The Morgan fingerprint density at radius 3 is 2.31 bits per heavy atom. The van der Waals surface area contributed by atoms with Gasteiger partial charge in [-0.2, -0.15) is 0 Å². The van der Waals surface area contributed by atoms with Gasteiger partial charge < -0.3 is 5.11 Å². The van der Waals surface area contributed by atoms with Gasteiger partial charge in [0.25, 0.3) is 0 Å². The molecule has 0 unspecified atom stereocenters. The normalized spacial score (nSPS) is 21.7. The van der Waals surface area contributed by atoms with E-state index in [2.05, 4.69) is 47.9 Å². The third-order valence-corrected chi connectivity index (χ3v) is 5.08. The van der Waals surface area contributed by atoms with Crippen LogP contribution in [0.1, 0.15) is 35.3 Å². The second-order valence-corrected chi connectivity index (χ2v) is 7.16. The molecule has 1 N–H and O–H groups in total. The third-order valence-electron chi connectivity index (χ3n) is 5.08. The molecule has 1 saturated heterocycles. The molecule has 1 aliphatic heterocycles. The highest BCUT2D eigenvalue weighted by atomic mass is 19.1. The van der Waals surface area contributed by atoms with E-state index in [9.17, 15) is 9.18 Å². The zero-order valence-corrected chi connectivity index (χ0v) is 15.2. The zero-order chi connectivity index (χ0) is 18.7. The molecule has 138 valence electrons. The van der Waals surface area contributed by atoms with Crippen LogP contribution >= 0.6 is 0 Å². The number of aromatic carboxylic acids is 1. The first-order valence-corrected chi connectivity index (χ1v) is 8.98. The van der Waals surface area contributed by atoms with Crippen molar-refractivity contribution in [3.8, 4) is 0 Å². The summed E-state index contributed by atoms with van der Waals surface area (Å²) >= 11 is 0. The highest BCUT2D eigenvalue weighted by molar-refractivity contribution is 5.87. The van der Waals surface area contributed by atoms with E-state index in [1.165, 1.54) is 11.6 Å². The lowest BCUT2D eigenvalue weighted by Gasteiger charge is -2.44. The van der Waals surface area contributed by atoms with Crippen LogP contribution in [0, 0.1) is 5.82 Å².